The molecule has 1 aromatic carbocycles. The molecule has 0 aromatic heterocycles. The van der Waals surface area contributed by atoms with Gasteiger partial charge in [-0.25, -0.2) is 4.79 Å². The second-order valence-electron chi connectivity index (χ2n) is 2.29. The van der Waals surface area contributed by atoms with Crippen LogP contribution < -0.4 is 0 Å². The molecule has 0 aliphatic carbocycles. The van der Waals surface area contributed by atoms with Crippen LogP contribution in [0.25, 0.3) is 0 Å². The second kappa shape index (κ2) is 4.58. The van der Waals surface area contributed by atoms with Crippen LogP contribution >= 0.6 is 11.8 Å². The van der Waals surface area contributed by atoms with E-state index in [1.807, 2.05) is 24.5 Å². The molecule has 13 heavy (non-hydrogen) atoms. The van der Waals surface area contributed by atoms with Gasteiger partial charge in [-0.05, 0) is 24.5 Å². The molecule has 0 unspecified atom stereocenters. The van der Waals surface area contributed by atoms with Gasteiger partial charge in [0.05, 0.1) is 0 Å². The number of hydrogen-bond donors (Lipinski definition) is 1. The van der Waals surface area contributed by atoms with E-state index in [0.29, 0.717) is 0 Å². The average Bonchev–Trinajstić information content (AvgIpc) is 2.15. The first-order valence-corrected chi connectivity index (χ1v) is 4.84. The lowest BCUT2D eigenvalue weighted by Crippen LogP contribution is -1.87. The average molecular weight is 192 g/mol. The Bertz CT molecular complexity index is 374. The summed E-state index contributed by atoms with van der Waals surface area (Å²) in [4.78, 5) is 11.2. The third-order valence-corrected chi connectivity index (χ3v) is 2.11. The fourth-order valence-electron chi connectivity index (χ4n) is 0.826. The number of carboxylic acid groups (broad SMARTS) is 1. The van der Waals surface area contributed by atoms with Gasteiger partial charge in [-0.1, -0.05) is 12.0 Å². The zero-order valence-corrected chi connectivity index (χ0v) is 7.89. The highest BCUT2D eigenvalue weighted by molar-refractivity contribution is 7.98. The van der Waals surface area contributed by atoms with E-state index >= 15 is 0 Å². The fraction of sp³-hybridized carbons (Fsp3) is 0.100. The summed E-state index contributed by atoms with van der Waals surface area (Å²) in [6, 6.07) is 7.46. The Morgan fingerprint density at radius 1 is 1.54 bits per heavy atom. The van der Waals surface area contributed by atoms with Gasteiger partial charge in [0.1, 0.15) is 0 Å². The predicted molar refractivity (Wildman–Crippen MR) is 52.7 cm³/mol. The van der Waals surface area contributed by atoms with E-state index < -0.39 is 5.97 Å². The third kappa shape index (κ3) is 3.22. The second-order valence-corrected chi connectivity index (χ2v) is 3.17. The predicted octanol–water partition coefficient (Wildman–Crippen LogP) is 1.84. The van der Waals surface area contributed by atoms with Gasteiger partial charge in [0.25, 0.3) is 0 Å². The molecule has 0 spiro atoms. The topological polar surface area (TPSA) is 37.3 Å². The van der Waals surface area contributed by atoms with E-state index in [1.54, 1.807) is 17.8 Å². The Morgan fingerprint density at radius 3 is 2.92 bits per heavy atom. The molecule has 0 fully saturated rings. The molecule has 2 nitrogen and oxygen atoms in total. The Hall–Kier alpha value is -1.40. The van der Waals surface area contributed by atoms with Crippen molar-refractivity contribution in [1.29, 1.82) is 0 Å². The first-order valence-electron chi connectivity index (χ1n) is 3.61. The molecule has 0 radical (unpaired) electrons. The summed E-state index contributed by atoms with van der Waals surface area (Å²) in [6.07, 6.45) is 1.96. The zero-order valence-electron chi connectivity index (χ0n) is 7.07. The van der Waals surface area contributed by atoms with Crippen LogP contribution in [0.5, 0.6) is 0 Å². The number of thioether (sulfide) groups is 1. The number of carbonyl (C=O) groups is 1. The summed E-state index contributed by atoms with van der Waals surface area (Å²) < 4.78 is 0. The van der Waals surface area contributed by atoms with Crippen molar-refractivity contribution >= 4 is 17.7 Å². The van der Waals surface area contributed by atoms with E-state index in [2.05, 4.69) is 11.8 Å². The van der Waals surface area contributed by atoms with Crippen molar-refractivity contribution < 1.29 is 9.90 Å². The van der Waals surface area contributed by atoms with Crippen molar-refractivity contribution in [3.05, 3.63) is 29.8 Å². The quantitative estimate of drug-likeness (QED) is 0.545. The van der Waals surface area contributed by atoms with E-state index in [-0.39, 0.29) is 0 Å². The Morgan fingerprint density at radius 2 is 2.31 bits per heavy atom. The first kappa shape index (κ1) is 9.69. The van der Waals surface area contributed by atoms with Gasteiger partial charge >= 0.3 is 5.97 Å². The highest BCUT2D eigenvalue weighted by Gasteiger charge is 1.91. The van der Waals surface area contributed by atoms with Crippen LogP contribution in [0.2, 0.25) is 0 Å². The highest BCUT2D eigenvalue weighted by Crippen LogP contribution is 2.14. The van der Waals surface area contributed by atoms with Crippen molar-refractivity contribution in [2.24, 2.45) is 0 Å². The monoisotopic (exact) mass is 192 g/mol. The first-order chi connectivity index (χ1) is 6.22. The van der Waals surface area contributed by atoms with Crippen molar-refractivity contribution in [1.82, 2.24) is 0 Å². The van der Waals surface area contributed by atoms with Crippen molar-refractivity contribution in [3.63, 3.8) is 0 Å². The lowest BCUT2D eigenvalue weighted by molar-refractivity contribution is -0.130. The Labute approximate surface area is 81.0 Å². The highest BCUT2D eigenvalue weighted by atomic mass is 32.2. The number of aliphatic carboxylic acids is 1. The number of hydrogen-bond acceptors (Lipinski definition) is 2. The summed E-state index contributed by atoms with van der Waals surface area (Å²) in [6.45, 7) is 0. The van der Waals surface area contributed by atoms with Crippen LogP contribution in [-0.4, -0.2) is 17.3 Å². The molecular formula is C10H8O2S. The maximum Gasteiger partial charge on any atom is 0.382 e. The maximum absolute atomic E-state index is 10.1. The zero-order chi connectivity index (χ0) is 9.68. The minimum Gasteiger partial charge on any atom is -0.472 e. The summed E-state index contributed by atoms with van der Waals surface area (Å²) in [5.41, 5.74) is 0.731. The van der Waals surface area contributed by atoms with E-state index in [0.717, 1.165) is 10.5 Å². The largest absolute Gasteiger partial charge is 0.472 e. The minimum atomic E-state index is -1.10. The smallest absolute Gasteiger partial charge is 0.382 e. The number of benzene rings is 1. The third-order valence-electron chi connectivity index (χ3n) is 1.38. The van der Waals surface area contributed by atoms with Gasteiger partial charge in [-0.15, -0.1) is 11.8 Å². The molecule has 0 aliphatic heterocycles. The van der Waals surface area contributed by atoms with Crippen LogP contribution in [0.3, 0.4) is 0 Å². The van der Waals surface area contributed by atoms with Crippen LogP contribution in [0.1, 0.15) is 5.56 Å². The normalized spacial score (nSPS) is 8.69. The Kier molecular flexibility index (Phi) is 3.41. The van der Waals surface area contributed by atoms with Gasteiger partial charge in [0.15, 0.2) is 0 Å². The number of rotatable bonds is 1. The van der Waals surface area contributed by atoms with E-state index in [9.17, 15) is 4.79 Å². The molecule has 1 aromatic rings. The summed E-state index contributed by atoms with van der Waals surface area (Å²) in [5, 5.41) is 8.32. The molecule has 66 valence electrons. The SMILES string of the molecule is CSc1cccc(C#CC(=O)O)c1. The van der Waals surface area contributed by atoms with Gasteiger partial charge in [0, 0.05) is 16.4 Å². The summed E-state index contributed by atoms with van der Waals surface area (Å²) in [5.74, 6) is 3.52. The lowest BCUT2D eigenvalue weighted by Gasteiger charge is -1.94. The molecule has 0 atom stereocenters. The Balaban J connectivity index is 2.91. The molecule has 0 saturated heterocycles. The molecule has 0 amide bonds. The van der Waals surface area contributed by atoms with Crippen LogP contribution in [-0.2, 0) is 4.79 Å². The van der Waals surface area contributed by atoms with Crippen molar-refractivity contribution in [2.75, 3.05) is 6.26 Å². The van der Waals surface area contributed by atoms with E-state index in [4.69, 9.17) is 5.11 Å². The molecule has 0 heterocycles. The molecule has 0 saturated carbocycles. The van der Waals surface area contributed by atoms with Gasteiger partial charge in [-0.2, -0.15) is 0 Å². The number of carboxylic acids is 1. The van der Waals surface area contributed by atoms with Crippen LogP contribution in [0, 0.1) is 11.8 Å². The molecule has 0 aliphatic rings. The van der Waals surface area contributed by atoms with Gasteiger partial charge < -0.3 is 5.11 Å². The van der Waals surface area contributed by atoms with Crippen LogP contribution in [0.4, 0.5) is 0 Å². The molecule has 1 N–H and O–H groups in total. The van der Waals surface area contributed by atoms with Crippen LogP contribution in [0.15, 0.2) is 29.2 Å². The molecule has 3 heteroatoms. The summed E-state index contributed by atoms with van der Waals surface area (Å²) in [7, 11) is 0. The minimum absolute atomic E-state index is 0.731. The lowest BCUT2D eigenvalue weighted by atomic mass is 10.2. The van der Waals surface area contributed by atoms with Gasteiger partial charge in [-0.3, -0.25) is 0 Å². The van der Waals surface area contributed by atoms with Crippen molar-refractivity contribution in [2.45, 2.75) is 4.90 Å². The van der Waals surface area contributed by atoms with E-state index in [1.165, 1.54) is 0 Å². The standard InChI is InChI=1S/C10H8O2S/c1-13-9-4-2-3-8(7-9)5-6-10(11)12/h2-4,7H,1H3,(H,11,12). The molecule has 0 bridgehead atoms. The van der Waals surface area contributed by atoms with Gasteiger partial charge in [0.2, 0.25) is 0 Å². The summed E-state index contributed by atoms with van der Waals surface area (Å²) >= 11 is 1.60. The molecular weight excluding hydrogens is 184 g/mol. The van der Waals surface area contributed by atoms with Crippen molar-refractivity contribution in [3.8, 4) is 11.8 Å². The molecule has 1 rings (SSSR count). The fourth-order valence-corrected chi connectivity index (χ4v) is 1.29. The maximum atomic E-state index is 10.1.